The summed E-state index contributed by atoms with van der Waals surface area (Å²) in [4.78, 5) is 0. The molecule has 0 unspecified atom stereocenters. The summed E-state index contributed by atoms with van der Waals surface area (Å²) >= 11 is 5.20. The molecule has 21 heavy (non-hydrogen) atoms. The van der Waals surface area contributed by atoms with Crippen LogP contribution in [0.25, 0.3) is 22.4 Å². The van der Waals surface area contributed by atoms with E-state index in [-0.39, 0.29) is 0 Å². The van der Waals surface area contributed by atoms with Crippen molar-refractivity contribution in [3.63, 3.8) is 0 Å². The monoisotopic (exact) mass is 295 g/mol. The van der Waals surface area contributed by atoms with Gasteiger partial charge in [-0.2, -0.15) is 10.2 Å². The number of rotatable bonds is 1. The van der Waals surface area contributed by atoms with Crippen molar-refractivity contribution in [3.8, 4) is 11.3 Å². The summed E-state index contributed by atoms with van der Waals surface area (Å²) in [6, 6.07) is 8.44. The molecule has 0 spiro atoms. The fraction of sp³-hybridized carbons (Fsp3) is 0.133. The van der Waals surface area contributed by atoms with E-state index in [0.29, 0.717) is 4.77 Å². The quantitative estimate of drug-likeness (QED) is 0.548. The summed E-state index contributed by atoms with van der Waals surface area (Å²) in [7, 11) is 0. The van der Waals surface area contributed by atoms with E-state index in [9.17, 15) is 0 Å². The van der Waals surface area contributed by atoms with Gasteiger partial charge in [-0.1, -0.05) is 17.7 Å². The zero-order valence-corrected chi connectivity index (χ0v) is 12.5. The average Bonchev–Trinajstić information content (AvgIpc) is 3.05. The first-order chi connectivity index (χ1) is 10.1. The van der Waals surface area contributed by atoms with Crippen LogP contribution in [0.3, 0.4) is 0 Å². The minimum atomic E-state index is 0.585. The molecule has 0 aliphatic carbocycles. The molecule has 0 atom stereocenters. The summed E-state index contributed by atoms with van der Waals surface area (Å²) in [5.74, 6) is 0. The fourth-order valence-electron chi connectivity index (χ4n) is 2.57. The van der Waals surface area contributed by atoms with E-state index >= 15 is 0 Å². The third kappa shape index (κ3) is 1.80. The Morgan fingerprint density at radius 3 is 2.86 bits per heavy atom. The van der Waals surface area contributed by atoms with Crippen molar-refractivity contribution < 1.29 is 0 Å². The number of aromatic nitrogens is 5. The number of hydrogen-bond donors (Lipinski definition) is 1. The van der Waals surface area contributed by atoms with E-state index in [1.807, 2.05) is 27.4 Å². The molecule has 4 rings (SSSR count). The van der Waals surface area contributed by atoms with Gasteiger partial charge in [0.1, 0.15) is 5.52 Å². The van der Waals surface area contributed by atoms with Crippen LogP contribution >= 0.6 is 12.2 Å². The van der Waals surface area contributed by atoms with Gasteiger partial charge in [0.15, 0.2) is 10.4 Å². The molecule has 3 heterocycles. The lowest BCUT2D eigenvalue weighted by atomic mass is 10.0. The molecule has 5 nitrogen and oxygen atoms in total. The third-order valence-corrected chi connectivity index (χ3v) is 3.98. The minimum Gasteiger partial charge on any atom is -0.272 e. The minimum absolute atomic E-state index is 0.585. The van der Waals surface area contributed by atoms with Crippen molar-refractivity contribution in [2.75, 3.05) is 0 Å². The molecule has 4 aromatic rings. The summed E-state index contributed by atoms with van der Waals surface area (Å²) in [5, 5.41) is 11.8. The number of hydrogen-bond acceptors (Lipinski definition) is 3. The highest BCUT2D eigenvalue weighted by Crippen LogP contribution is 2.25. The molecule has 0 radical (unpaired) electrons. The molecule has 0 bridgehead atoms. The smallest absolute Gasteiger partial charge is 0.199 e. The second-order valence-electron chi connectivity index (χ2n) is 5.20. The first kappa shape index (κ1) is 12.3. The Hall–Kier alpha value is -2.47. The SMILES string of the molecule is Cc1ccc(C)c(-c2cc3c4n[nH]c(=S)n4ccn3n2)c1. The molecule has 104 valence electrons. The Bertz CT molecular complexity index is 1040. The van der Waals surface area contributed by atoms with Crippen molar-refractivity contribution in [1.29, 1.82) is 0 Å². The van der Waals surface area contributed by atoms with Crippen LogP contribution in [0.15, 0.2) is 36.7 Å². The molecule has 0 saturated heterocycles. The average molecular weight is 295 g/mol. The van der Waals surface area contributed by atoms with Crippen LogP contribution < -0.4 is 0 Å². The molecule has 0 amide bonds. The molecule has 0 saturated carbocycles. The maximum atomic E-state index is 5.20. The van der Waals surface area contributed by atoms with E-state index in [4.69, 9.17) is 12.2 Å². The predicted octanol–water partition coefficient (Wildman–Crippen LogP) is 3.32. The number of aryl methyl sites for hydroxylation is 2. The number of H-pyrrole nitrogens is 1. The number of nitrogens with zero attached hydrogens (tertiary/aromatic N) is 4. The highest BCUT2D eigenvalue weighted by atomic mass is 32.1. The Kier molecular flexibility index (Phi) is 2.49. The Labute approximate surface area is 125 Å². The van der Waals surface area contributed by atoms with E-state index < -0.39 is 0 Å². The standard InChI is InChI=1S/C15H13N5S/c1-9-3-4-10(2)11(7-9)12-8-13-14-16-17-15(21)19(14)5-6-20(13)18-12/h3-8H,1-2H3,(H,17,21). The van der Waals surface area contributed by atoms with Crippen LogP contribution in [0, 0.1) is 18.6 Å². The largest absolute Gasteiger partial charge is 0.272 e. The second kappa shape index (κ2) is 4.26. The zero-order chi connectivity index (χ0) is 14.6. The number of nitrogens with one attached hydrogen (secondary N) is 1. The maximum Gasteiger partial charge on any atom is 0.199 e. The fourth-order valence-corrected chi connectivity index (χ4v) is 2.76. The lowest BCUT2D eigenvalue weighted by Crippen LogP contribution is -1.92. The van der Waals surface area contributed by atoms with Gasteiger partial charge in [-0.3, -0.25) is 9.50 Å². The van der Waals surface area contributed by atoms with Crippen LogP contribution in [0.5, 0.6) is 0 Å². The van der Waals surface area contributed by atoms with E-state index in [1.165, 1.54) is 11.1 Å². The van der Waals surface area contributed by atoms with Crippen LogP contribution in [0.2, 0.25) is 0 Å². The van der Waals surface area contributed by atoms with Crippen molar-refractivity contribution in [2.24, 2.45) is 0 Å². The lowest BCUT2D eigenvalue weighted by molar-refractivity contribution is 0.941. The molecule has 1 aromatic carbocycles. The summed E-state index contributed by atoms with van der Waals surface area (Å²) in [6.07, 6.45) is 3.76. The normalized spacial score (nSPS) is 11.5. The van der Waals surface area contributed by atoms with Gasteiger partial charge in [0.2, 0.25) is 0 Å². The molecule has 0 aliphatic rings. The summed E-state index contributed by atoms with van der Waals surface area (Å²) < 4.78 is 4.27. The first-order valence-corrected chi connectivity index (χ1v) is 7.07. The number of aromatic amines is 1. The first-order valence-electron chi connectivity index (χ1n) is 6.66. The van der Waals surface area contributed by atoms with Gasteiger partial charge < -0.3 is 0 Å². The van der Waals surface area contributed by atoms with Gasteiger partial charge in [-0.15, -0.1) is 0 Å². The molecule has 0 fully saturated rings. The Morgan fingerprint density at radius 2 is 2.00 bits per heavy atom. The summed E-state index contributed by atoms with van der Waals surface area (Å²) in [5.41, 5.74) is 6.23. The highest BCUT2D eigenvalue weighted by Gasteiger charge is 2.11. The number of fused-ring (bicyclic) bond motifs is 3. The summed E-state index contributed by atoms with van der Waals surface area (Å²) in [6.45, 7) is 4.18. The molecule has 6 heteroatoms. The van der Waals surface area contributed by atoms with Crippen molar-refractivity contribution in [2.45, 2.75) is 13.8 Å². The second-order valence-corrected chi connectivity index (χ2v) is 5.58. The molecule has 0 aliphatic heterocycles. The van der Waals surface area contributed by atoms with Crippen LogP contribution in [0.1, 0.15) is 11.1 Å². The van der Waals surface area contributed by atoms with Crippen molar-refractivity contribution in [1.82, 2.24) is 24.2 Å². The van der Waals surface area contributed by atoms with Gasteiger partial charge in [-0.25, -0.2) is 4.52 Å². The van der Waals surface area contributed by atoms with Gasteiger partial charge in [0, 0.05) is 18.0 Å². The highest BCUT2D eigenvalue weighted by molar-refractivity contribution is 7.71. The Morgan fingerprint density at radius 1 is 1.14 bits per heavy atom. The van der Waals surface area contributed by atoms with Crippen molar-refractivity contribution in [3.05, 3.63) is 52.6 Å². The van der Waals surface area contributed by atoms with Gasteiger partial charge in [0.25, 0.3) is 0 Å². The van der Waals surface area contributed by atoms with Gasteiger partial charge in [0.05, 0.1) is 5.69 Å². The zero-order valence-electron chi connectivity index (χ0n) is 11.7. The maximum absolute atomic E-state index is 5.20. The topological polar surface area (TPSA) is 50.4 Å². The lowest BCUT2D eigenvalue weighted by Gasteiger charge is -2.03. The third-order valence-electron chi connectivity index (χ3n) is 3.70. The van der Waals surface area contributed by atoms with Gasteiger partial charge >= 0.3 is 0 Å². The molecule has 1 N–H and O–H groups in total. The van der Waals surface area contributed by atoms with Crippen molar-refractivity contribution >= 4 is 23.4 Å². The predicted molar refractivity (Wildman–Crippen MR) is 84.0 cm³/mol. The van der Waals surface area contributed by atoms with E-state index in [0.717, 1.165) is 22.4 Å². The molecule has 3 aromatic heterocycles. The molecular formula is C15H13N5S. The van der Waals surface area contributed by atoms with E-state index in [2.05, 4.69) is 47.3 Å². The molecular weight excluding hydrogens is 282 g/mol. The van der Waals surface area contributed by atoms with Gasteiger partial charge in [-0.05, 0) is 43.8 Å². The van der Waals surface area contributed by atoms with Crippen LogP contribution in [-0.4, -0.2) is 24.2 Å². The van der Waals surface area contributed by atoms with E-state index in [1.54, 1.807) is 0 Å². The number of benzene rings is 1. The van der Waals surface area contributed by atoms with Crippen LogP contribution in [-0.2, 0) is 0 Å². The van der Waals surface area contributed by atoms with Crippen LogP contribution in [0.4, 0.5) is 0 Å². The Balaban J connectivity index is 2.05.